The molecule has 2 aromatic heterocycles. The first-order valence-electron chi connectivity index (χ1n) is 11.8. The van der Waals surface area contributed by atoms with Crippen LogP contribution in [-0.2, 0) is 6.54 Å². The zero-order valence-electron chi connectivity index (χ0n) is 19.3. The number of ether oxygens (including phenoxy) is 2. The van der Waals surface area contributed by atoms with Gasteiger partial charge < -0.3 is 14.5 Å². The molecule has 2 aliphatic heterocycles. The molecule has 2 aliphatic rings. The Morgan fingerprint density at radius 2 is 1.97 bits per heavy atom. The predicted molar refractivity (Wildman–Crippen MR) is 126 cm³/mol. The fourth-order valence-corrected chi connectivity index (χ4v) is 5.06. The van der Waals surface area contributed by atoms with Gasteiger partial charge in [0.05, 0.1) is 12.1 Å². The molecule has 9 nitrogen and oxygen atoms in total. The van der Waals surface area contributed by atoms with Gasteiger partial charge in [-0.3, -0.25) is 9.69 Å². The van der Waals surface area contributed by atoms with E-state index in [2.05, 4.69) is 32.3 Å². The van der Waals surface area contributed by atoms with E-state index in [4.69, 9.17) is 9.47 Å². The van der Waals surface area contributed by atoms with Gasteiger partial charge in [0, 0.05) is 23.6 Å². The maximum Gasteiger partial charge on any atom is 0.253 e. The van der Waals surface area contributed by atoms with Crippen LogP contribution in [-0.4, -0.2) is 50.0 Å². The van der Waals surface area contributed by atoms with Crippen molar-refractivity contribution in [2.24, 2.45) is 5.92 Å². The van der Waals surface area contributed by atoms with Crippen molar-refractivity contribution >= 4 is 10.9 Å². The van der Waals surface area contributed by atoms with E-state index in [9.17, 15) is 9.18 Å². The van der Waals surface area contributed by atoms with Crippen molar-refractivity contribution in [3.63, 3.8) is 0 Å². The lowest BCUT2D eigenvalue weighted by molar-refractivity contribution is 0.141. The Kier molecular flexibility index (Phi) is 5.44. The first-order valence-corrected chi connectivity index (χ1v) is 11.8. The number of fused-ring (bicyclic) bond motifs is 2. The Labute approximate surface area is 200 Å². The lowest BCUT2D eigenvalue weighted by Gasteiger charge is -2.36. The Morgan fingerprint density at radius 1 is 1.17 bits per heavy atom. The molecule has 4 heterocycles. The van der Waals surface area contributed by atoms with Gasteiger partial charge in [0.2, 0.25) is 6.79 Å². The van der Waals surface area contributed by atoms with Crippen LogP contribution in [0.3, 0.4) is 0 Å². The van der Waals surface area contributed by atoms with E-state index < -0.39 is 6.04 Å². The highest BCUT2D eigenvalue weighted by atomic mass is 19.1. The number of rotatable bonds is 5. The van der Waals surface area contributed by atoms with Crippen LogP contribution < -0.4 is 15.0 Å². The van der Waals surface area contributed by atoms with Gasteiger partial charge >= 0.3 is 0 Å². The third-order valence-corrected chi connectivity index (χ3v) is 6.76. The van der Waals surface area contributed by atoms with Crippen molar-refractivity contribution < 1.29 is 13.9 Å². The molecular weight excluding hydrogens is 451 g/mol. The van der Waals surface area contributed by atoms with Crippen LogP contribution in [0, 0.1) is 11.7 Å². The Hall–Kier alpha value is -3.79. The molecule has 2 atom stereocenters. The molecule has 0 amide bonds. The fraction of sp³-hybridized carbons (Fsp3) is 0.360. The molecule has 1 saturated heterocycles. The first-order chi connectivity index (χ1) is 17.0. The number of nitrogens with one attached hydrogen (secondary N) is 1. The number of benzene rings is 2. The molecule has 0 saturated carbocycles. The monoisotopic (exact) mass is 476 g/mol. The van der Waals surface area contributed by atoms with Crippen molar-refractivity contribution in [2.45, 2.75) is 32.4 Å². The number of halogens is 1. The van der Waals surface area contributed by atoms with Gasteiger partial charge in [-0.05, 0) is 65.6 Å². The van der Waals surface area contributed by atoms with Crippen LogP contribution in [0.15, 0.2) is 47.3 Å². The number of aromatic nitrogens is 5. The van der Waals surface area contributed by atoms with Gasteiger partial charge in [0.25, 0.3) is 5.56 Å². The standard InChI is InChI=1S/C25H25FN6O3/c1-15-3-2-8-31(12-15)23(24-28-29-30-32(24)13-16-4-6-18(26)7-5-16)19-9-17-10-21-22(35-14-34-21)11-20(17)27-25(19)33/h4-7,9-11,15,23H,2-3,8,12-14H2,1H3,(H,27,33). The minimum absolute atomic E-state index is 0.162. The molecule has 10 heteroatoms. The maximum atomic E-state index is 13.4. The van der Waals surface area contributed by atoms with Crippen LogP contribution in [0.1, 0.15) is 42.8 Å². The number of tetrazole rings is 1. The number of aromatic amines is 1. The smallest absolute Gasteiger partial charge is 0.253 e. The molecule has 2 aromatic carbocycles. The maximum absolute atomic E-state index is 13.4. The number of nitrogens with zero attached hydrogens (tertiary/aromatic N) is 5. The van der Waals surface area contributed by atoms with E-state index in [1.54, 1.807) is 22.9 Å². The minimum atomic E-state index is -0.438. The van der Waals surface area contributed by atoms with Gasteiger partial charge in [-0.1, -0.05) is 19.1 Å². The molecule has 2 unspecified atom stereocenters. The fourth-order valence-electron chi connectivity index (χ4n) is 5.06. The third kappa shape index (κ3) is 4.14. The molecule has 0 radical (unpaired) electrons. The number of likely N-dealkylation sites (tertiary alicyclic amines) is 1. The topological polar surface area (TPSA) is 98.2 Å². The van der Waals surface area contributed by atoms with E-state index in [0.717, 1.165) is 36.9 Å². The summed E-state index contributed by atoms with van der Waals surface area (Å²) in [6, 6.07) is 11.4. The number of hydrogen-bond donors (Lipinski definition) is 1. The van der Waals surface area contributed by atoms with E-state index in [0.29, 0.717) is 40.9 Å². The second-order valence-electron chi connectivity index (χ2n) is 9.31. The summed E-state index contributed by atoms with van der Waals surface area (Å²) in [5.74, 6) is 2.04. The molecule has 4 aromatic rings. The van der Waals surface area contributed by atoms with Gasteiger partial charge in [0.1, 0.15) is 11.9 Å². The molecule has 1 fully saturated rings. The minimum Gasteiger partial charge on any atom is -0.454 e. The van der Waals surface area contributed by atoms with E-state index >= 15 is 0 Å². The molecule has 0 spiro atoms. The highest BCUT2D eigenvalue weighted by Crippen LogP contribution is 2.37. The summed E-state index contributed by atoms with van der Waals surface area (Å²) in [6.07, 6.45) is 2.17. The van der Waals surface area contributed by atoms with Crippen molar-refractivity contribution in [1.29, 1.82) is 0 Å². The summed E-state index contributed by atoms with van der Waals surface area (Å²) < 4.78 is 26.1. The first kappa shape index (κ1) is 21.7. The van der Waals surface area contributed by atoms with Crippen LogP contribution in [0.2, 0.25) is 0 Å². The van der Waals surface area contributed by atoms with E-state index in [1.165, 1.54) is 12.1 Å². The molecule has 0 aliphatic carbocycles. The van der Waals surface area contributed by atoms with Gasteiger partial charge in [-0.15, -0.1) is 5.10 Å². The highest BCUT2D eigenvalue weighted by Gasteiger charge is 2.33. The predicted octanol–water partition coefficient (Wildman–Crippen LogP) is 3.25. The largest absolute Gasteiger partial charge is 0.454 e. The summed E-state index contributed by atoms with van der Waals surface area (Å²) in [5, 5.41) is 13.4. The normalized spacial score (nSPS) is 18.7. The number of pyridine rings is 1. The van der Waals surface area contributed by atoms with Crippen LogP contribution in [0.25, 0.3) is 10.9 Å². The molecule has 180 valence electrons. The summed E-state index contributed by atoms with van der Waals surface area (Å²) in [6.45, 7) is 4.40. The highest BCUT2D eigenvalue weighted by molar-refractivity contribution is 5.83. The average Bonchev–Trinajstić information content (AvgIpc) is 3.49. The zero-order chi connectivity index (χ0) is 23.9. The molecule has 35 heavy (non-hydrogen) atoms. The molecule has 0 bridgehead atoms. The lowest BCUT2D eigenvalue weighted by atomic mass is 9.95. The summed E-state index contributed by atoms with van der Waals surface area (Å²) >= 11 is 0. The van der Waals surface area contributed by atoms with Gasteiger partial charge in [-0.25, -0.2) is 9.07 Å². The van der Waals surface area contributed by atoms with Crippen LogP contribution in [0.4, 0.5) is 4.39 Å². The third-order valence-electron chi connectivity index (χ3n) is 6.76. The summed E-state index contributed by atoms with van der Waals surface area (Å²) in [5.41, 5.74) is 1.92. The average molecular weight is 477 g/mol. The Bertz CT molecular complexity index is 1430. The SMILES string of the molecule is CC1CCCN(C(c2cc3cc4c(cc3[nH]c2=O)OCO4)c2nnnn2Cc2ccc(F)cc2)C1. The van der Waals surface area contributed by atoms with Gasteiger partial charge in [-0.2, -0.15) is 0 Å². The Balaban J connectivity index is 1.46. The van der Waals surface area contributed by atoms with E-state index in [-0.39, 0.29) is 18.2 Å². The second kappa shape index (κ2) is 8.77. The number of piperidine rings is 1. The Morgan fingerprint density at radius 3 is 2.77 bits per heavy atom. The quantitative estimate of drug-likeness (QED) is 0.472. The molecular formula is C25H25FN6O3. The molecule has 1 N–H and O–H groups in total. The summed E-state index contributed by atoms with van der Waals surface area (Å²) in [7, 11) is 0. The van der Waals surface area contributed by atoms with E-state index in [1.807, 2.05) is 12.1 Å². The summed E-state index contributed by atoms with van der Waals surface area (Å²) in [4.78, 5) is 18.7. The van der Waals surface area contributed by atoms with Crippen LogP contribution in [0.5, 0.6) is 11.5 Å². The van der Waals surface area contributed by atoms with Crippen molar-refractivity contribution in [3.05, 3.63) is 75.6 Å². The number of H-pyrrole nitrogens is 1. The van der Waals surface area contributed by atoms with Crippen molar-refractivity contribution in [2.75, 3.05) is 19.9 Å². The molecule has 6 rings (SSSR count). The zero-order valence-corrected chi connectivity index (χ0v) is 19.3. The van der Waals surface area contributed by atoms with Crippen LogP contribution >= 0.6 is 0 Å². The number of hydrogen-bond acceptors (Lipinski definition) is 7. The lowest BCUT2D eigenvalue weighted by Crippen LogP contribution is -2.41. The van der Waals surface area contributed by atoms with Crippen molar-refractivity contribution in [1.82, 2.24) is 30.1 Å². The van der Waals surface area contributed by atoms with Crippen molar-refractivity contribution in [3.8, 4) is 11.5 Å². The van der Waals surface area contributed by atoms with Gasteiger partial charge in [0.15, 0.2) is 17.3 Å². The second-order valence-corrected chi connectivity index (χ2v) is 9.31.